The number of allylic oxidation sites excluding steroid dienone is 1. The van der Waals surface area contributed by atoms with Gasteiger partial charge >= 0.3 is 0 Å². The summed E-state index contributed by atoms with van der Waals surface area (Å²) in [5, 5.41) is 14.9. The minimum atomic E-state index is -0.0833. The number of nitrogens with two attached hydrogens (primary N) is 1. The lowest BCUT2D eigenvalue weighted by molar-refractivity contribution is -0.657. The SMILES string of the molecule is C1C[NH2+]CCN1.C=C(C)[O-]. The van der Waals surface area contributed by atoms with Crippen LogP contribution in [0.25, 0.3) is 0 Å². The van der Waals surface area contributed by atoms with Crippen LogP contribution in [0.1, 0.15) is 6.92 Å². The normalized spacial score (nSPS) is 16.9. The van der Waals surface area contributed by atoms with Crippen molar-refractivity contribution >= 4 is 0 Å². The molecule has 1 heterocycles. The van der Waals surface area contributed by atoms with E-state index in [1.54, 1.807) is 0 Å². The summed E-state index contributed by atoms with van der Waals surface area (Å²) in [7, 11) is 0. The smallest absolute Gasteiger partial charge is 0.0882 e. The van der Waals surface area contributed by atoms with Gasteiger partial charge in [0.25, 0.3) is 0 Å². The van der Waals surface area contributed by atoms with E-state index in [-0.39, 0.29) is 5.76 Å². The minimum absolute atomic E-state index is 0.0833. The van der Waals surface area contributed by atoms with Crippen LogP contribution >= 0.6 is 0 Å². The summed E-state index contributed by atoms with van der Waals surface area (Å²) in [5.74, 6) is -0.0833. The molecule has 0 bridgehead atoms. The van der Waals surface area contributed by atoms with Crippen molar-refractivity contribution in [3.63, 3.8) is 0 Å². The zero-order valence-electron chi connectivity index (χ0n) is 6.52. The van der Waals surface area contributed by atoms with Crippen LogP contribution in [0.3, 0.4) is 0 Å². The van der Waals surface area contributed by atoms with Crippen LogP contribution in [0.5, 0.6) is 0 Å². The van der Waals surface area contributed by atoms with Gasteiger partial charge in [-0.25, -0.2) is 0 Å². The van der Waals surface area contributed by atoms with Gasteiger partial charge in [0.1, 0.15) is 0 Å². The molecule has 0 unspecified atom stereocenters. The highest BCUT2D eigenvalue weighted by molar-refractivity contribution is 4.64. The van der Waals surface area contributed by atoms with Gasteiger partial charge in [-0.15, -0.1) is 12.3 Å². The Balaban J connectivity index is 0.000000180. The van der Waals surface area contributed by atoms with Gasteiger partial charge in [0.2, 0.25) is 0 Å². The third-order valence-corrected chi connectivity index (χ3v) is 1.05. The highest BCUT2D eigenvalue weighted by Gasteiger charge is 1.95. The van der Waals surface area contributed by atoms with Gasteiger partial charge in [-0.3, -0.25) is 0 Å². The summed E-state index contributed by atoms with van der Waals surface area (Å²) >= 11 is 0. The molecule has 0 saturated carbocycles. The van der Waals surface area contributed by atoms with E-state index < -0.39 is 0 Å². The first-order valence-electron chi connectivity index (χ1n) is 3.58. The van der Waals surface area contributed by atoms with Crippen molar-refractivity contribution in [3.05, 3.63) is 12.3 Å². The number of rotatable bonds is 0. The number of quaternary nitrogens is 1. The van der Waals surface area contributed by atoms with Crippen LogP contribution < -0.4 is 15.7 Å². The molecule has 60 valence electrons. The van der Waals surface area contributed by atoms with E-state index in [1.807, 2.05) is 0 Å². The Kier molecular flexibility index (Phi) is 6.22. The van der Waals surface area contributed by atoms with E-state index in [2.05, 4.69) is 17.2 Å². The summed E-state index contributed by atoms with van der Waals surface area (Å²) in [6.45, 7) is 9.33. The van der Waals surface area contributed by atoms with Crippen LogP contribution in [0, 0.1) is 0 Å². The van der Waals surface area contributed by atoms with E-state index in [9.17, 15) is 5.11 Å². The molecule has 0 aromatic rings. The van der Waals surface area contributed by atoms with Crippen LogP contribution in [0.2, 0.25) is 0 Å². The molecular formula is C7H16N2O. The van der Waals surface area contributed by atoms with Crippen LogP contribution in [-0.2, 0) is 0 Å². The second-order valence-corrected chi connectivity index (χ2v) is 2.32. The van der Waals surface area contributed by atoms with Gasteiger partial charge in [0, 0.05) is 13.1 Å². The topological polar surface area (TPSA) is 51.7 Å². The summed E-state index contributed by atoms with van der Waals surface area (Å²) in [4.78, 5) is 0. The predicted molar refractivity (Wildman–Crippen MR) is 39.3 cm³/mol. The molecule has 10 heavy (non-hydrogen) atoms. The van der Waals surface area contributed by atoms with Crippen LogP contribution in [0.4, 0.5) is 0 Å². The molecule has 0 spiro atoms. The summed E-state index contributed by atoms with van der Waals surface area (Å²) in [6.07, 6.45) is 0. The molecule has 0 aromatic heterocycles. The molecule has 1 aliphatic rings. The Morgan fingerprint density at radius 1 is 1.50 bits per heavy atom. The Morgan fingerprint density at radius 2 is 1.90 bits per heavy atom. The van der Waals surface area contributed by atoms with Gasteiger partial charge < -0.3 is 15.7 Å². The Morgan fingerprint density at radius 3 is 2.00 bits per heavy atom. The maximum atomic E-state index is 9.33. The van der Waals surface area contributed by atoms with Crippen molar-refractivity contribution in [2.45, 2.75) is 6.92 Å². The Bertz CT molecular complexity index is 74.1. The fourth-order valence-corrected chi connectivity index (χ4v) is 0.678. The van der Waals surface area contributed by atoms with Gasteiger partial charge in [-0.05, 0) is 0 Å². The van der Waals surface area contributed by atoms with Crippen molar-refractivity contribution in [2.75, 3.05) is 26.2 Å². The quantitative estimate of drug-likeness (QED) is 0.388. The first-order chi connectivity index (χ1) is 4.73. The molecule has 3 N–H and O–H groups in total. The fraction of sp³-hybridized carbons (Fsp3) is 0.714. The third-order valence-electron chi connectivity index (χ3n) is 1.05. The average Bonchev–Trinajstić information content (AvgIpc) is 1.90. The molecule has 0 amide bonds. The van der Waals surface area contributed by atoms with Gasteiger partial charge in [0.15, 0.2) is 0 Å². The number of nitrogens with one attached hydrogen (secondary N) is 1. The van der Waals surface area contributed by atoms with E-state index in [1.165, 1.54) is 33.1 Å². The molecular weight excluding hydrogens is 128 g/mol. The summed E-state index contributed by atoms with van der Waals surface area (Å²) in [5.41, 5.74) is 0. The van der Waals surface area contributed by atoms with E-state index in [4.69, 9.17) is 0 Å². The van der Waals surface area contributed by atoms with Crippen molar-refractivity contribution in [2.24, 2.45) is 0 Å². The van der Waals surface area contributed by atoms with Crippen molar-refractivity contribution < 1.29 is 10.4 Å². The van der Waals surface area contributed by atoms with Crippen molar-refractivity contribution in [1.82, 2.24) is 5.32 Å². The first-order valence-corrected chi connectivity index (χ1v) is 3.58. The van der Waals surface area contributed by atoms with Gasteiger partial charge in [-0.2, -0.15) is 0 Å². The molecule has 3 nitrogen and oxygen atoms in total. The number of hydrogen-bond acceptors (Lipinski definition) is 2. The van der Waals surface area contributed by atoms with E-state index >= 15 is 0 Å². The second-order valence-electron chi connectivity index (χ2n) is 2.32. The monoisotopic (exact) mass is 144 g/mol. The first kappa shape index (κ1) is 9.46. The zero-order valence-corrected chi connectivity index (χ0v) is 6.52. The highest BCUT2D eigenvalue weighted by Crippen LogP contribution is 1.57. The highest BCUT2D eigenvalue weighted by atomic mass is 16.3. The molecule has 0 atom stereocenters. The van der Waals surface area contributed by atoms with Gasteiger partial charge in [-0.1, -0.05) is 6.92 Å². The predicted octanol–water partition coefficient (Wildman–Crippen LogP) is -1.97. The van der Waals surface area contributed by atoms with Crippen molar-refractivity contribution in [1.29, 1.82) is 0 Å². The minimum Gasteiger partial charge on any atom is -0.876 e. The molecule has 1 saturated heterocycles. The van der Waals surface area contributed by atoms with Gasteiger partial charge in [0.05, 0.1) is 13.1 Å². The van der Waals surface area contributed by atoms with Crippen LogP contribution in [0.15, 0.2) is 12.3 Å². The molecule has 1 aliphatic heterocycles. The maximum Gasteiger partial charge on any atom is 0.0882 e. The van der Waals surface area contributed by atoms with Crippen molar-refractivity contribution in [3.8, 4) is 0 Å². The molecule has 1 fully saturated rings. The van der Waals surface area contributed by atoms with Crippen LogP contribution in [-0.4, -0.2) is 26.2 Å². The standard InChI is InChI=1S/C4H10N2.C3H6O/c1-2-6-4-3-5-1;1-3(2)4/h5-6H,1-4H2;4H,1H2,2H3. The van der Waals surface area contributed by atoms with E-state index in [0.29, 0.717) is 0 Å². The lowest BCUT2D eigenvalue weighted by Crippen LogP contribution is -2.89. The largest absolute Gasteiger partial charge is 0.876 e. The lowest BCUT2D eigenvalue weighted by Gasteiger charge is -2.07. The molecule has 0 aromatic carbocycles. The average molecular weight is 144 g/mol. The summed E-state index contributed by atoms with van der Waals surface area (Å²) in [6, 6.07) is 0. The molecule has 0 radical (unpaired) electrons. The molecule has 0 aliphatic carbocycles. The number of piperazine rings is 1. The van der Waals surface area contributed by atoms with E-state index in [0.717, 1.165) is 0 Å². The molecule has 3 heteroatoms. The fourth-order valence-electron chi connectivity index (χ4n) is 0.678. The second kappa shape index (κ2) is 6.58. The molecule has 1 rings (SSSR count). The number of hydrogen-bond donors (Lipinski definition) is 2. The maximum absolute atomic E-state index is 9.33. The summed E-state index contributed by atoms with van der Waals surface area (Å²) < 4.78 is 0. The Labute approximate surface area is 62.1 Å². The zero-order chi connectivity index (χ0) is 7.82. The Hall–Kier alpha value is -0.540. The third kappa shape index (κ3) is 10.4. The lowest BCUT2D eigenvalue weighted by atomic mass is 10.4.